The Morgan fingerprint density at radius 3 is 2.50 bits per heavy atom. The largest absolute Gasteiger partial charge is 0.493 e. The van der Waals surface area contributed by atoms with E-state index in [1.807, 2.05) is 25.1 Å². The molecule has 5 nitrogen and oxygen atoms in total. The normalized spacial score (nSPS) is 10.2. The molecule has 0 fully saturated rings. The molecule has 2 aromatic carbocycles. The smallest absolute Gasteiger partial charge is 0.226 e. The number of carbonyl (C=O) groups is 1. The number of rotatable bonds is 7. The fourth-order valence-electron chi connectivity index (χ4n) is 2.21. The number of ether oxygens (including phenoxy) is 2. The molecule has 0 aliphatic heterocycles. The molecule has 0 aliphatic rings. The van der Waals surface area contributed by atoms with Gasteiger partial charge < -0.3 is 20.1 Å². The summed E-state index contributed by atoms with van der Waals surface area (Å²) in [7, 11) is 3.14. The lowest BCUT2D eigenvalue weighted by atomic mass is 10.2. The Hall–Kier alpha value is -2.21. The molecule has 2 aromatic rings. The van der Waals surface area contributed by atoms with Gasteiger partial charge in [0.15, 0.2) is 11.5 Å². The molecule has 0 aliphatic carbocycles. The van der Waals surface area contributed by atoms with Crippen LogP contribution in [-0.4, -0.2) is 26.7 Å². The van der Waals surface area contributed by atoms with Crippen LogP contribution in [0, 0.1) is 6.92 Å². The van der Waals surface area contributed by atoms with Gasteiger partial charge in [0.2, 0.25) is 5.91 Å². The van der Waals surface area contributed by atoms with Crippen LogP contribution in [0.15, 0.2) is 40.9 Å². The van der Waals surface area contributed by atoms with E-state index in [0.717, 1.165) is 10.2 Å². The van der Waals surface area contributed by atoms with Crippen molar-refractivity contribution in [2.45, 2.75) is 13.3 Å². The summed E-state index contributed by atoms with van der Waals surface area (Å²) in [4.78, 5) is 12.1. The highest BCUT2D eigenvalue weighted by Crippen LogP contribution is 2.29. The Bertz CT molecular complexity index is 719. The van der Waals surface area contributed by atoms with Gasteiger partial charge in [0.1, 0.15) is 0 Å². The third kappa shape index (κ3) is 4.89. The highest BCUT2D eigenvalue weighted by Gasteiger charge is 2.08. The first kappa shape index (κ1) is 18.1. The molecule has 0 spiro atoms. The van der Waals surface area contributed by atoms with Crippen LogP contribution in [0.25, 0.3) is 0 Å². The van der Waals surface area contributed by atoms with Crippen molar-refractivity contribution < 1.29 is 14.3 Å². The van der Waals surface area contributed by atoms with Gasteiger partial charge in [0, 0.05) is 34.9 Å². The molecule has 0 radical (unpaired) electrons. The molecule has 1 amide bonds. The number of methoxy groups -OCH3 is 2. The maximum atomic E-state index is 12.1. The number of anilines is 2. The summed E-state index contributed by atoms with van der Waals surface area (Å²) in [6.07, 6.45) is 0.356. The van der Waals surface area contributed by atoms with Crippen molar-refractivity contribution in [3.63, 3.8) is 0 Å². The molecule has 0 saturated heterocycles. The van der Waals surface area contributed by atoms with Gasteiger partial charge in [-0.05, 0) is 52.7 Å². The molecular formula is C18H21BrN2O3. The van der Waals surface area contributed by atoms with Crippen molar-refractivity contribution in [3.8, 4) is 11.5 Å². The summed E-state index contributed by atoms with van der Waals surface area (Å²) >= 11 is 3.51. The lowest BCUT2D eigenvalue weighted by molar-refractivity contribution is -0.115. The fourth-order valence-corrected chi connectivity index (χ4v) is 2.85. The van der Waals surface area contributed by atoms with Crippen molar-refractivity contribution in [2.24, 2.45) is 0 Å². The predicted molar refractivity (Wildman–Crippen MR) is 100 cm³/mol. The summed E-state index contributed by atoms with van der Waals surface area (Å²) in [6.45, 7) is 2.58. The zero-order valence-corrected chi connectivity index (χ0v) is 15.6. The van der Waals surface area contributed by atoms with E-state index in [0.29, 0.717) is 30.2 Å². The van der Waals surface area contributed by atoms with Crippen molar-refractivity contribution in [2.75, 3.05) is 31.4 Å². The molecule has 0 bridgehead atoms. The lowest BCUT2D eigenvalue weighted by Crippen LogP contribution is -2.16. The van der Waals surface area contributed by atoms with E-state index in [2.05, 4.69) is 26.6 Å². The van der Waals surface area contributed by atoms with Gasteiger partial charge in [-0.1, -0.05) is 6.07 Å². The summed E-state index contributed by atoms with van der Waals surface area (Å²) in [5.41, 5.74) is 2.83. The van der Waals surface area contributed by atoms with Crippen LogP contribution in [0.2, 0.25) is 0 Å². The Morgan fingerprint density at radius 1 is 1.08 bits per heavy atom. The number of nitrogens with one attached hydrogen (secondary N) is 2. The first-order chi connectivity index (χ1) is 11.5. The van der Waals surface area contributed by atoms with Gasteiger partial charge in [-0.2, -0.15) is 0 Å². The number of aryl methyl sites for hydroxylation is 1. The van der Waals surface area contributed by atoms with E-state index in [1.54, 1.807) is 32.4 Å². The quantitative estimate of drug-likeness (QED) is 0.740. The van der Waals surface area contributed by atoms with Crippen molar-refractivity contribution in [1.29, 1.82) is 0 Å². The zero-order chi connectivity index (χ0) is 17.5. The molecular weight excluding hydrogens is 372 g/mol. The van der Waals surface area contributed by atoms with Crippen LogP contribution in [0.5, 0.6) is 11.5 Å². The summed E-state index contributed by atoms with van der Waals surface area (Å²) in [5, 5.41) is 6.10. The second-order valence-corrected chi connectivity index (χ2v) is 6.13. The third-order valence-electron chi connectivity index (χ3n) is 3.46. The first-order valence-corrected chi connectivity index (χ1v) is 8.34. The third-order valence-corrected chi connectivity index (χ3v) is 4.12. The van der Waals surface area contributed by atoms with E-state index < -0.39 is 0 Å². The van der Waals surface area contributed by atoms with E-state index in [9.17, 15) is 4.79 Å². The Morgan fingerprint density at radius 2 is 1.83 bits per heavy atom. The summed E-state index contributed by atoms with van der Waals surface area (Å²) in [5.74, 6) is 1.14. The number of hydrogen-bond acceptors (Lipinski definition) is 4. The summed E-state index contributed by atoms with van der Waals surface area (Å²) in [6, 6.07) is 11.3. The summed E-state index contributed by atoms with van der Waals surface area (Å²) < 4.78 is 11.4. The minimum absolute atomic E-state index is 0.0713. The Kier molecular flexibility index (Phi) is 6.49. The number of benzene rings is 2. The predicted octanol–water partition coefficient (Wildman–Crippen LogP) is 4.22. The van der Waals surface area contributed by atoms with Crippen molar-refractivity contribution in [1.82, 2.24) is 0 Å². The maximum Gasteiger partial charge on any atom is 0.226 e. The van der Waals surface area contributed by atoms with Gasteiger partial charge in [-0.25, -0.2) is 0 Å². The molecule has 2 N–H and O–H groups in total. The molecule has 0 atom stereocenters. The van der Waals surface area contributed by atoms with Gasteiger partial charge in [0.05, 0.1) is 14.2 Å². The molecule has 2 rings (SSSR count). The monoisotopic (exact) mass is 392 g/mol. The second-order valence-electron chi connectivity index (χ2n) is 5.28. The molecule has 6 heteroatoms. The van der Waals surface area contributed by atoms with Crippen molar-refractivity contribution >= 4 is 33.2 Å². The maximum absolute atomic E-state index is 12.1. The molecule has 128 valence electrons. The number of halogens is 1. The van der Waals surface area contributed by atoms with Crippen LogP contribution in [0.4, 0.5) is 11.4 Å². The zero-order valence-electron chi connectivity index (χ0n) is 14.0. The second kappa shape index (κ2) is 8.59. The average molecular weight is 393 g/mol. The highest BCUT2D eigenvalue weighted by molar-refractivity contribution is 9.10. The van der Waals surface area contributed by atoms with Crippen LogP contribution < -0.4 is 20.1 Å². The van der Waals surface area contributed by atoms with Gasteiger partial charge in [-0.15, -0.1) is 0 Å². The molecule has 24 heavy (non-hydrogen) atoms. The SMILES string of the molecule is COc1ccc(NC(=O)CCNc2ccc(C)cc2Br)cc1OC. The van der Waals surface area contributed by atoms with Crippen LogP contribution >= 0.6 is 15.9 Å². The Labute approximate surface area is 150 Å². The standard InChI is InChI=1S/C18H21BrN2O3/c1-12-4-6-15(14(19)10-12)20-9-8-18(22)21-13-5-7-16(23-2)17(11-13)24-3/h4-7,10-11,20H,8-9H2,1-3H3,(H,21,22). The number of carbonyl (C=O) groups excluding carboxylic acids is 1. The van der Waals surface area contributed by atoms with E-state index in [-0.39, 0.29) is 5.91 Å². The van der Waals surface area contributed by atoms with Gasteiger partial charge in [0.25, 0.3) is 0 Å². The topological polar surface area (TPSA) is 59.6 Å². The van der Waals surface area contributed by atoms with Crippen LogP contribution in [-0.2, 0) is 4.79 Å². The number of hydrogen-bond donors (Lipinski definition) is 2. The molecule has 0 heterocycles. The molecule has 0 saturated carbocycles. The van der Waals surface area contributed by atoms with Gasteiger partial charge in [-0.3, -0.25) is 4.79 Å². The van der Waals surface area contributed by atoms with Crippen LogP contribution in [0.1, 0.15) is 12.0 Å². The lowest BCUT2D eigenvalue weighted by Gasteiger charge is -2.11. The van der Waals surface area contributed by atoms with E-state index in [1.165, 1.54) is 5.56 Å². The fraction of sp³-hybridized carbons (Fsp3) is 0.278. The van der Waals surface area contributed by atoms with Gasteiger partial charge >= 0.3 is 0 Å². The van der Waals surface area contributed by atoms with E-state index >= 15 is 0 Å². The van der Waals surface area contributed by atoms with Crippen molar-refractivity contribution in [3.05, 3.63) is 46.4 Å². The van der Waals surface area contributed by atoms with Crippen LogP contribution in [0.3, 0.4) is 0 Å². The molecule has 0 aromatic heterocycles. The minimum Gasteiger partial charge on any atom is -0.493 e. The Balaban J connectivity index is 1.87. The minimum atomic E-state index is -0.0713. The van der Waals surface area contributed by atoms with E-state index in [4.69, 9.17) is 9.47 Å². The first-order valence-electron chi connectivity index (χ1n) is 7.55. The average Bonchev–Trinajstić information content (AvgIpc) is 2.56. The highest BCUT2D eigenvalue weighted by atomic mass is 79.9. The molecule has 0 unspecified atom stereocenters. The number of amides is 1.